The summed E-state index contributed by atoms with van der Waals surface area (Å²) in [6.45, 7) is 6.05. The average molecular weight is 502 g/mol. The third-order valence-corrected chi connectivity index (χ3v) is 7.29. The Morgan fingerprint density at radius 2 is 1.97 bits per heavy atom. The largest absolute Gasteiger partial charge is 0.462 e. The highest BCUT2D eigenvalue weighted by Gasteiger charge is 2.24. The van der Waals surface area contributed by atoms with Gasteiger partial charge >= 0.3 is 5.97 Å². The number of hydrogen-bond acceptors (Lipinski definition) is 9. The van der Waals surface area contributed by atoms with Gasteiger partial charge in [0.25, 0.3) is 5.56 Å². The standard InChI is InChI=1S/C23H27N5O4S2/c1-4-16(20(30)27-22-25-14(3)19(34-22)21(31)32-5-2)33-23-26-18(29)13-17(24)28(23)12-11-15-9-7-6-8-10-15/h6-10,13,16H,4-5,11-12,24H2,1-3H3,(H,25,27,30). The van der Waals surface area contributed by atoms with Crippen molar-refractivity contribution in [1.29, 1.82) is 0 Å². The summed E-state index contributed by atoms with van der Waals surface area (Å²) in [5, 5.41) is 2.91. The van der Waals surface area contributed by atoms with Crippen LogP contribution < -0.4 is 16.6 Å². The molecule has 180 valence electrons. The second-order valence-electron chi connectivity index (χ2n) is 7.35. The van der Waals surface area contributed by atoms with Gasteiger partial charge < -0.3 is 20.4 Å². The van der Waals surface area contributed by atoms with E-state index in [0.29, 0.717) is 46.1 Å². The molecule has 2 aromatic heterocycles. The summed E-state index contributed by atoms with van der Waals surface area (Å²) in [5.74, 6) is -0.475. The number of aromatic nitrogens is 3. The number of carbonyl (C=O) groups is 2. The molecule has 1 atom stereocenters. The summed E-state index contributed by atoms with van der Waals surface area (Å²) in [4.78, 5) is 45.8. The molecule has 0 bridgehead atoms. The predicted molar refractivity (Wildman–Crippen MR) is 134 cm³/mol. The molecular weight excluding hydrogens is 474 g/mol. The molecule has 0 radical (unpaired) electrons. The quantitative estimate of drug-likeness (QED) is 0.245. The number of benzene rings is 1. The van der Waals surface area contributed by atoms with E-state index < -0.39 is 16.8 Å². The van der Waals surface area contributed by atoms with Gasteiger partial charge in [-0.1, -0.05) is 60.4 Å². The molecule has 0 aliphatic heterocycles. The first-order chi connectivity index (χ1) is 16.3. The first-order valence-electron chi connectivity index (χ1n) is 10.9. The van der Waals surface area contributed by atoms with Crippen LogP contribution in [-0.4, -0.2) is 38.3 Å². The van der Waals surface area contributed by atoms with Crippen LogP contribution in [0.25, 0.3) is 0 Å². The Labute approximate surface area is 205 Å². The fourth-order valence-electron chi connectivity index (χ4n) is 3.17. The number of nitrogen functional groups attached to an aromatic ring is 1. The van der Waals surface area contributed by atoms with E-state index in [0.717, 1.165) is 16.9 Å². The summed E-state index contributed by atoms with van der Waals surface area (Å²) in [7, 11) is 0. The van der Waals surface area contributed by atoms with E-state index >= 15 is 0 Å². The Balaban J connectivity index is 1.76. The molecule has 1 unspecified atom stereocenters. The van der Waals surface area contributed by atoms with E-state index in [1.165, 1.54) is 17.8 Å². The molecule has 0 spiro atoms. The molecule has 3 rings (SSSR count). The lowest BCUT2D eigenvalue weighted by atomic mass is 10.1. The maximum absolute atomic E-state index is 13.0. The molecule has 1 aromatic carbocycles. The van der Waals surface area contributed by atoms with Crippen molar-refractivity contribution in [3.05, 3.63) is 62.9 Å². The lowest BCUT2D eigenvalue weighted by Crippen LogP contribution is -2.27. The number of ether oxygens (including phenoxy) is 1. The molecule has 0 saturated carbocycles. The minimum atomic E-state index is -0.549. The summed E-state index contributed by atoms with van der Waals surface area (Å²) in [6, 6.07) is 11.2. The first-order valence-corrected chi connectivity index (χ1v) is 12.5. The summed E-state index contributed by atoms with van der Waals surface area (Å²) in [6.07, 6.45) is 1.18. The first kappa shape index (κ1) is 25.4. The zero-order valence-corrected chi connectivity index (χ0v) is 20.9. The maximum Gasteiger partial charge on any atom is 0.350 e. The van der Waals surface area contributed by atoms with E-state index in [4.69, 9.17) is 10.5 Å². The molecule has 3 N–H and O–H groups in total. The van der Waals surface area contributed by atoms with Gasteiger partial charge in [-0.25, -0.2) is 9.78 Å². The number of hydrogen-bond donors (Lipinski definition) is 2. The Hall–Kier alpha value is -3.18. The van der Waals surface area contributed by atoms with E-state index in [1.54, 1.807) is 18.4 Å². The lowest BCUT2D eigenvalue weighted by Gasteiger charge is -2.18. The summed E-state index contributed by atoms with van der Waals surface area (Å²) >= 11 is 2.24. The molecule has 9 nitrogen and oxygen atoms in total. The monoisotopic (exact) mass is 501 g/mol. The SMILES string of the molecule is CCOC(=O)c1sc(NC(=O)C(CC)Sc2nc(=O)cc(N)n2CCc2ccccc2)nc1C. The number of thiazole rings is 1. The topological polar surface area (TPSA) is 129 Å². The number of carbonyl (C=O) groups excluding carboxylic acids is 2. The molecule has 0 saturated heterocycles. The number of nitrogens with two attached hydrogens (primary N) is 1. The Kier molecular flexibility index (Phi) is 8.83. The van der Waals surface area contributed by atoms with Crippen LogP contribution in [0.4, 0.5) is 10.9 Å². The minimum Gasteiger partial charge on any atom is -0.462 e. The smallest absolute Gasteiger partial charge is 0.350 e. The van der Waals surface area contributed by atoms with Crippen LogP contribution in [0.15, 0.2) is 46.3 Å². The van der Waals surface area contributed by atoms with Crippen LogP contribution >= 0.6 is 23.1 Å². The van der Waals surface area contributed by atoms with Gasteiger partial charge in [0.15, 0.2) is 10.3 Å². The Bertz CT molecular complexity index is 1210. The van der Waals surface area contributed by atoms with Crippen LogP contribution in [0.5, 0.6) is 0 Å². The number of aryl methyl sites for hydroxylation is 2. The molecule has 34 heavy (non-hydrogen) atoms. The molecular formula is C23H27N5O4S2. The fourth-order valence-corrected chi connectivity index (χ4v) is 5.09. The van der Waals surface area contributed by atoms with Crippen molar-refractivity contribution in [3.63, 3.8) is 0 Å². The van der Waals surface area contributed by atoms with Crippen LogP contribution in [-0.2, 0) is 22.5 Å². The van der Waals surface area contributed by atoms with Crippen LogP contribution in [0.1, 0.15) is 41.2 Å². The predicted octanol–water partition coefficient (Wildman–Crippen LogP) is 3.52. The highest BCUT2D eigenvalue weighted by Crippen LogP contribution is 2.28. The van der Waals surface area contributed by atoms with Crippen molar-refractivity contribution in [3.8, 4) is 0 Å². The number of anilines is 2. The molecule has 11 heteroatoms. The molecule has 2 heterocycles. The third kappa shape index (κ3) is 6.45. The zero-order valence-electron chi connectivity index (χ0n) is 19.2. The van der Waals surface area contributed by atoms with E-state index in [-0.39, 0.29) is 12.5 Å². The zero-order chi connectivity index (χ0) is 24.7. The Morgan fingerprint density at radius 3 is 2.65 bits per heavy atom. The second kappa shape index (κ2) is 11.8. The van der Waals surface area contributed by atoms with Gasteiger partial charge in [0.1, 0.15) is 10.7 Å². The van der Waals surface area contributed by atoms with Gasteiger partial charge in [-0.15, -0.1) is 0 Å². The van der Waals surface area contributed by atoms with Crippen LogP contribution in [0.2, 0.25) is 0 Å². The molecule has 1 amide bonds. The average Bonchev–Trinajstić information content (AvgIpc) is 3.17. The third-order valence-electron chi connectivity index (χ3n) is 4.89. The van der Waals surface area contributed by atoms with E-state index in [1.807, 2.05) is 37.3 Å². The normalized spacial score (nSPS) is 11.7. The van der Waals surface area contributed by atoms with Crippen molar-refractivity contribution in [1.82, 2.24) is 14.5 Å². The van der Waals surface area contributed by atoms with Crippen molar-refractivity contribution < 1.29 is 14.3 Å². The van der Waals surface area contributed by atoms with Gasteiger partial charge in [0.2, 0.25) is 5.91 Å². The van der Waals surface area contributed by atoms with Gasteiger partial charge in [-0.3, -0.25) is 9.59 Å². The van der Waals surface area contributed by atoms with Gasteiger partial charge in [-0.2, -0.15) is 4.98 Å². The Morgan fingerprint density at radius 1 is 1.24 bits per heavy atom. The number of amides is 1. The van der Waals surface area contributed by atoms with E-state index in [2.05, 4.69) is 15.3 Å². The molecule has 3 aromatic rings. The summed E-state index contributed by atoms with van der Waals surface area (Å²) in [5.41, 5.74) is 7.29. The van der Waals surface area contributed by atoms with E-state index in [9.17, 15) is 14.4 Å². The molecule has 0 aliphatic rings. The summed E-state index contributed by atoms with van der Waals surface area (Å²) < 4.78 is 6.78. The highest BCUT2D eigenvalue weighted by molar-refractivity contribution is 8.00. The number of thioether (sulfide) groups is 1. The number of nitrogens with one attached hydrogen (secondary N) is 1. The van der Waals surface area contributed by atoms with Crippen molar-refractivity contribution in [2.45, 2.75) is 50.6 Å². The number of nitrogens with zero attached hydrogens (tertiary/aromatic N) is 3. The van der Waals surface area contributed by atoms with Gasteiger partial charge in [0.05, 0.1) is 17.6 Å². The minimum absolute atomic E-state index is 0.256. The van der Waals surface area contributed by atoms with Gasteiger partial charge in [0, 0.05) is 12.6 Å². The van der Waals surface area contributed by atoms with Crippen LogP contribution in [0.3, 0.4) is 0 Å². The highest BCUT2D eigenvalue weighted by atomic mass is 32.2. The van der Waals surface area contributed by atoms with Crippen molar-refractivity contribution >= 4 is 45.9 Å². The fraction of sp³-hybridized carbons (Fsp3) is 0.348. The molecule has 0 aliphatic carbocycles. The maximum atomic E-state index is 13.0. The number of esters is 1. The molecule has 0 fully saturated rings. The van der Waals surface area contributed by atoms with Crippen molar-refractivity contribution in [2.24, 2.45) is 0 Å². The van der Waals surface area contributed by atoms with Crippen LogP contribution in [0, 0.1) is 6.92 Å². The van der Waals surface area contributed by atoms with Gasteiger partial charge in [-0.05, 0) is 32.3 Å². The van der Waals surface area contributed by atoms with Crippen molar-refractivity contribution in [2.75, 3.05) is 17.7 Å². The number of rotatable bonds is 10. The lowest BCUT2D eigenvalue weighted by molar-refractivity contribution is -0.115. The second-order valence-corrected chi connectivity index (χ2v) is 9.52.